The van der Waals surface area contributed by atoms with Gasteiger partial charge in [0.05, 0.1) is 6.04 Å². The zero-order valence-corrected chi connectivity index (χ0v) is 15.3. The third-order valence-corrected chi connectivity index (χ3v) is 6.46. The molecule has 124 valence electrons. The second-order valence-corrected chi connectivity index (χ2v) is 9.42. The van der Waals surface area contributed by atoms with Crippen molar-refractivity contribution in [3.8, 4) is 0 Å². The van der Waals surface area contributed by atoms with E-state index in [1.165, 1.54) is 11.1 Å². The predicted octanol–water partition coefficient (Wildman–Crippen LogP) is 3.13. The van der Waals surface area contributed by atoms with Crippen LogP contribution in [-0.4, -0.2) is 22.4 Å². The normalized spacial score (nSPS) is 24.6. The molecular formula is C17H27ClN2OS. The Balaban J connectivity index is 0.00000176. The SMILES string of the molecule is CC(C)(C)[S+]([O-])N[C@@H]1c2ccccc2CC12CCNCC2.Cl. The number of benzene rings is 1. The Morgan fingerprint density at radius 2 is 1.86 bits per heavy atom. The molecule has 1 saturated heterocycles. The van der Waals surface area contributed by atoms with Crippen molar-refractivity contribution in [3.05, 3.63) is 35.4 Å². The molecule has 1 fully saturated rings. The van der Waals surface area contributed by atoms with E-state index in [2.05, 4.69) is 34.3 Å². The van der Waals surface area contributed by atoms with Gasteiger partial charge < -0.3 is 9.87 Å². The average Bonchev–Trinajstić information content (AvgIpc) is 2.72. The van der Waals surface area contributed by atoms with Gasteiger partial charge in [0.2, 0.25) is 0 Å². The van der Waals surface area contributed by atoms with Crippen molar-refractivity contribution in [2.75, 3.05) is 13.1 Å². The second-order valence-electron chi connectivity index (χ2n) is 7.42. The predicted molar refractivity (Wildman–Crippen MR) is 95.7 cm³/mol. The molecule has 1 aromatic carbocycles. The summed E-state index contributed by atoms with van der Waals surface area (Å²) in [5, 5.41) is 3.46. The lowest BCUT2D eigenvalue weighted by atomic mass is 9.73. The van der Waals surface area contributed by atoms with Crippen molar-refractivity contribution < 1.29 is 4.55 Å². The van der Waals surface area contributed by atoms with E-state index < -0.39 is 11.4 Å². The Hall–Kier alpha value is -0.260. The van der Waals surface area contributed by atoms with Crippen molar-refractivity contribution in [2.24, 2.45) is 5.41 Å². The van der Waals surface area contributed by atoms with Crippen LogP contribution in [0.15, 0.2) is 24.3 Å². The molecule has 1 aliphatic heterocycles. The smallest absolute Gasteiger partial charge is 0.136 e. The summed E-state index contributed by atoms with van der Waals surface area (Å²) in [7, 11) is 0. The first kappa shape index (κ1) is 18.1. The quantitative estimate of drug-likeness (QED) is 0.812. The van der Waals surface area contributed by atoms with Gasteiger partial charge in [-0.3, -0.25) is 0 Å². The van der Waals surface area contributed by atoms with Gasteiger partial charge in [0.1, 0.15) is 4.75 Å². The molecule has 0 radical (unpaired) electrons. The summed E-state index contributed by atoms with van der Waals surface area (Å²) < 4.78 is 15.9. The molecule has 1 spiro atoms. The van der Waals surface area contributed by atoms with Crippen LogP contribution in [0, 0.1) is 5.41 Å². The van der Waals surface area contributed by atoms with Crippen LogP contribution in [-0.2, 0) is 17.8 Å². The highest BCUT2D eigenvalue weighted by Gasteiger charge is 2.49. The Kier molecular flexibility index (Phi) is 5.50. The summed E-state index contributed by atoms with van der Waals surface area (Å²) >= 11 is -1.03. The van der Waals surface area contributed by atoms with Crippen molar-refractivity contribution >= 4 is 23.8 Å². The van der Waals surface area contributed by atoms with Crippen LogP contribution in [0.4, 0.5) is 0 Å². The van der Waals surface area contributed by atoms with E-state index in [0.717, 1.165) is 32.4 Å². The maximum absolute atomic E-state index is 12.6. The van der Waals surface area contributed by atoms with Gasteiger partial charge >= 0.3 is 0 Å². The Labute approximate surface area is 143 Å². The van der Waals surface area contributed by atoms with Gasteiger partial charge in [-0.05, 0) is 64.3 Å². The molecular weight excluding hydrogens is 316 g/mol. The fraction of sp³-hybridized carbons (Fsp3) is 0.647. The van der Waals surface area contributed by atoms with E-state index in [1.54, 1.807) is 0 Å². The Bertz CT molecular complexity index is 512. The third kappa shape index (κ3) is 3.31. The van der Waals surface area contributed by atoms with Gasteiger partial charge in [-0.15, -0.1) is 17.1 Å². The number of halogens is 1. The van der Waals surface area contributed by atoms with Crippen LogP contribution in [0.1, 0.15) is 50.8 Å². The minimum absolute atomic E-state index is 0. The van der Waals surface area contributed by atoms with Crippen LogP contribution in [0.3, 0.4) is 0 Å². The summed E-state index contributed by atoms with van der Waals surface area (Å²) in [4.78, 5) is 0. The van der Waals surface area contributed by atoms with E-state index in [4.69, 9.17) is 0 Å². The monoisotopic (exact) mass is 342 g/mol. The standard InChI is InChI=1S/C17H26N2OS.ClH/c1-16(2,3)21(20)19-15-14-7-5-4-6-13(14)12-17(15)8-10-18-11-9-17;/h4-7,15,18-19H,8-12H2,1-3H3;1H/t15-,21?;/m1./s1. The summed E-state index contributed by atoms with van der Waals surface area (Å²) in [6.45, 7) is 8.23. The molecule has 1 heterocycles. The third-order valence-electron chi connectivity index (χ3n) is 4.90. The topological polar surface area (TPSA) is 47.1 Å². The van der Waals surface area contributed by atoms with Gasteiger partial charge in [-0.2, -0.15) is 0 Å². The van der Waals surface area contributed by atoms with Crippen LogP contribution in [0.2, 0.25) is 0 Å². The lowest BCUT2D eigenvalue weighted by Crippen LogP contribution is -2.48. The minimum atomic E-state index is -1.03. The highest BCUT2D eigenvalue weighted by Crippen LogP contribution is 2.51. The number of hydrogen-bond donors (Lipinski definition) is 2. The molecule has 1 aromatic rings. The summed E-state index contributed by atoms with van der Waals surface area (Å²) in [6.07, 6.45) is 3.42. The number of hydrogen-bond acceptors (Lipinski definition) is 3. The molecule has 1 aliphatic carbocycles. The van der Waals surface area contributed by atoms with Gasteiger partial charge in [0.15, 0.2) is 0 Å². The minimum Gasteiger partial charge on any atom is -0.598 e. The van der Waals surface area contributed by atoms with Gasteiger partial charge in [0.25, 0.3) is 0 Å². The Morgan fingerprint density at radius 3 is 2.50 bits per heavy atom. The molecule has 5 heteroatoms. The van der Waals surface area contributed by atoms with Crippen LogP contribution >= 0.6 is 12.4 Å². The maximum Gasteiger partial charge on any atom is 0.136 e. The molecule has 1 unspecified atom stereocenters. The second kappa shape index (κ2) is 6.70. The van der Waals surface area contributed by atoms with E-state index in [9.17, 15) is 4.55 Å². The number of rotatable bonds is 2. The first-order valence-corrected chi connectivity index (χ1v) is 9.04. The van der Waals surface area contributed by atoms with Crippen LogP contribution < -0.4 is 10.0 Å². The molecule has 0 saturated carbocycles. The van der Waals surface area contributed by atoms with Gasteiger partial charge in [-0.25, -0.2) is 0 Å². The van der Waals surface area contributed by atoms with E-state index in [0.29, 0.717) is 0 Å². The van der Waals surface area contributed by atoms with Gasteiger partial charge in [-0.1, -0.05) is 24.3 Å². The van der Waals surface area contributed by atoms with Crippen molar-refractivity contribution in [3.63, 3.8) is 0 Å². The van der Waals surface area contributed by atoms with Crippen molar-refractivity contribution in [1.82, 2.24) is 10.0 Å². The van der Waals surface area contributed by atoms with E-state index in [-0.39, 0.29) is 28.6 Å². The number of fused-ring (bicyclic) bond motifs is 1. The lowest BCUT2D eigenvalue weighted by Gasteiger charge is -2.40. The van der Waals surface area contributed by atoms with Crippen molar-refractivity contribution in [1.29, 1.82) is 0 Å². The highest BCUT2D eigenvalue weighted by molar-refractivity contribution is 7.90. The molecule has 3 rings (SSSR count). The fourth-order valence-corrected chi connectivity index (χ4v) is 4.60. The zero-order valence-electron chi connectivity index (χ0n) is 13.6. The largest absolute Gasteiger partial charge is 0.598 e. The molecule has 0 amide bonds. The first-order chi connectivity index (χ1) is 9.92. The van der Waals surface area contributed by atoms with E-state index in [1.807, 2.05) is 20.8 Å². The lowest BCUT2D eigenvalue weighted by molar-refractivity contribution is 0.163. The van der Waals surface area contributed by atoms with Crippen LogP contribution in [0.5, 0.6) is 0 Å². The van der Waals surface area contributed by atoms with Crippen LogP contribution in [0.25, 0.3) is 0 Å². The van der Waals surface area contributed by atoms with Crippen molar-refractivity contribution in [2.45, 2.75) is 50.8 Å². The molecule has 3 nitrogen and oxygen atoms in total. The average molecular weight is 343 g/mol. The number of nitrogens with one attached hydrogen (secondary N) is 2. The summed E-state index contributed by atoms with van der Waals surface area (Å²) in [5.41, 5.74) is 3.02. The fourth-order valence-electron chi connectivity index (χ4n) is 3.65. The molecule has 2 aliphatic rings. The molecule has 22 heavy (non-hydrogen) atoms. The number of piperidine rings is 1. The van der Waals surface area contributed by atoms with E-state index >= 15 is 0 Å². The highest BCUT2D eigenvalue weighted by atomic mass is 35.5. The molecule has 0 bridgehead atoms. The molecule has 2 N–H and O–H groups in total. The first-order valence-electron chi connectivity index (χ1n) is 7.89. The summed E-state index contributed by atoms with van der Waals surface area (Å²) in [6, 6.07) is 8.89. The Morgan fingerprint density at radius 1 is 1.23 bits per heavy atom. The zero-order chi connectivity index (χ0) is 15.1. The molecule has 0 aromatic heterocycles. The molecule has 2 atom stereocenters. The maximum atomic E-state index is 12.6. The van der Waals surface area contributed by atoms with Gasteiger partial charge in [0, 0.05) is 16.8 Å². The summed E-state index contributed by atoms with van der Waals surface area (Å²) in [5.74, 6) is 0.